The summed E-state index contributed by atoms with van der Waals surface area (Å²) in [6.45, 7) is 3.92. The predicted octanol–water partition coefficient (Wildman–Crippen LogP) is 2.01. The summed E-state index contributed by atoms with van der Waals surface area (Å²) in [5, 5.41) is 0. The number of esters is 1. The van der Waals surface area contributed by atoms with E-state index in [0.29, 0.717) is 16.7 Å². The summed E-state index contributed by atoms with van der Waals surface area (Å²) in [4.78, 5) is 12.8. The molecule has 1 rings (SSSR count). The van der Waals surface area contributed by atoms with E-state index in [4.69, 9.17) is 10.5 Å². The first kappa shape index (κ1) is 15.5. The fraction of sp³-hybridized carbons (Fsp3) is 0.308. The van der Waals surface area contributed by atoms with Crippen LogP contribution in [0.1, 0.15) is 0 Å². The highest BCUT2D eigenvalue weighted by Crippen LogP contribution is 2.15. The van der Waals surface area contributed by atoms with Gasteiger partial charge in [-0.05, 0) is 17.8 Å². The van der Waals surface area contributed by atoms with Crippen LogP contribution < -0.4 is 5.73 Å². The largest absolute Gasteiger partial charge is 0.456 e. The Balaban J connectivity index is 2.74. The van der Waals surface area contributed by atoms with Crippen LogP contribution in [0.5, 0.6) is 0 Å². The second-order valence-electron chi connectivity index (χ2n) is 3.88. The summed E-state index contributed by atoms with van der Waals surface area (Å²) in [6.07, 6.45) is 6.34. The maximum absolute atomic E-state index is 12.6. The molecule has 0 spiro atoms. The van der Waals surface area contributed by atoms with Crippen LogP contribution in [0.3, 0.4) is 0 Å². The Morgan fingerprint density at radius 1 is 1.63 bits per heavy atom. The standard InChI is InChI=1S/C13H16BrFN2O2/c1-10(14)2-3-11(7-16)8-17(5-4-15)12-6-13(18)19-9-12/h2-3,6-7H,1,4-5,8-9,16H2/b3-2-,11-7+. The van der Waals surface area contributed by atoms with Gasteiger partial charge in [-0.15, -0.1) is 0 Å². The first-order chi connectivity index (χ1) is 9.06. The van der Waals surface area contributed by atoms with Gasteiger partial charge in [-0.1, -0.05) is 28.6 Å². The molecular weight excluding hydrogens is 315 g/mol. The molecule has 1 aliphatic heterocycles. The van der Waals surface area contributed by atoms with Crippen LogP contribution in [-0.2, 0) is 9.53 Å². The molecule has 1 heterocycles. The second kappa shape index (κ2) is 7.78. The molecule has 0 fully saturated rings. The monoisotopic (exact) mass is 330 g/mol. The molecule has 0 bridgehead atoms. The van der Waals surface area contributed by atoms with E-state index in [0.717, 1.165) is 5.57 Å². The lowest BCUT2D eigenvalue weighted by molar-refractivity contribution is -0.135. The molecule has 0 aromatic carbocycles. The van der Waals surface area contributed by atoms with Gasteiger partial charge in [0.05, 0.1) is 5.70 Å². The van der Waals surface area contributed by atoms with E-state index < -0.39 is 12.6 Å². The number of rotatable bonds is 7. The third-order valence-corrected chi connectivity index (χ3v) is 2.74. The van der Waals surface area contributed by atoms with E-state index >= 15 is 0 Å². The van der Waals surface area contributed by atoms with Crippen molar-refractivity contribution in [1.29, 1.82) is 0 Å². The number of hydrogen-bond donors (Lipinski definition) is 1. The molecular formula is C13H16BrFN2O2. The summed E-state index contributed by atoms with van der Waals surface area (Å²) in [6, 6.07) is 0. The molecule has 0 unspecified atom stereocenters. The highest BCUT2D eigenvalue weighted by Gasteiger charge is 2.19. The maximum atomic E-state index is 12.6. The van der Waals surface area contributed by atoms with Gasteiger partial charge in [-0.25, -0.2) is 9.18 Å². The van der Waals surface area contributed by atoms with Gasteiger partial charge >= 0.3 is 5.97 Å². The van der Waals surface area contributed by atoms with Gasteiger partial charge in [0.25, 0.3) is 0 Å². The molecule has 19 heavy (non-hydrogen) atoms. The first-order valence-corrected chi connectivity index (χ1v) is 6.47. The van der Waals surface area contributed by atoms with Crippen LogP contribution in [0, 0.1) is 0 Å². The Morgan fingerprint density at radius 2 is 2.37 bits per heavy atom. The summed E-state index contributed by atoms with van der Waals surface area (Å²) < 4.78 is 18.1. The zero-order valence-corrected chi connectivity index (χ0v) is 12.0. The number of carbonyl (C=O) groups excluding carboxylic acids is 1. The van der Waals surface area contributed by atoms with Crippen molar-refractivity contribution in [2.24, 2.45) is 5.73 Å². The Bertz CT molecular complexity index is 444. The number of nitrogens with two attached hydrogens (primary N) is 1. The quantitative estimate of drug-likeness (QED) is 0.573. The minimum Gasteiger partial charge on any atom is -0.456 e. The minimum atomic E-state index is -0.516. The molecule has 2 N–H and O–H groups in total. The van der Waals surface area contributed by atoms with E-state index in [1.165, 1.54) is 12.3 Å². The Hall–Kier alpha value is -1.56. The van der Waals surface area contributed by atoms with Crippen molar-refractivity contribution in [2.45, 2.75) is 0 Å². The van der Waals surface area contributed by atoms with Gasteiger partial charge in [-0.3, -0.25) is 0 Å². The fourth-order valence-electron chi connectivity index (χ4n) is 1.55. The van der Waals surface area contributed by atoms with Crippen LogP contribution in [0.15, 0.2) is 46.8 Å². The van der Waals surface area contributed by atoms with Crippen LogP contribution in [0.2, 0.25) is 0 Å². The molecule has 0 aromatic heterocycles. The molecule has 1 aliphatic rings. The van der Waals surface area contributed by atoms with Crippen molar-refractivity contribution >= 4 is 21.9 Å². The average Bonchev–Trinajstić information content (AvgIpc) is 2.79. The summed E-state index contributed by atoms with van der Waals surface area (Å²) >= 11 is 3.20. The number of alkyl halides is 1. The highest BCUT2D eigenvalue weighted by atomic mass is 79.9. The maximum Gasteiger partial charge on any atom is 0.333 e. The van der Waals surface area contributed by atoms with Crippen molar-refractivity contribution in [3.05, 3.63) is 46.8 Å². The van der Waals surface area contributed by atoms with E-state index in [9.17, 15) is 9.18 Å². The second-order valence-corrected chi connectivity index (χ2v) is 4.89. The van der Waals surface area contributed by atoms with E-state index in [1.54, 1.807) is 17.1 Å². The zero-order chi connectivity index (χ0) is 14.3. The molecule has 0 saturated carbocycles. The Morgan fingerprint density at radius 3 is 2.84 bits per heavy atom. The van der Waals surface area contributed by atoms with Gasteiger partial charge in [0.1, 0.15) is 13.3 Å². The summed E-state index contributed by atoms with van der Waals surface area (Å²) in [5.41, 5.74) is 6.98. The SMILES string of the molecule is C=C(Br)/C=C\C(=C/N)CN(CCF)C1=CC(=O)OC1. The number of ether oxygens (including phenoxy) is 1. The van der Waals surface area contributed by atoms with Crippen LogP contribution in [0.25, 0.3) is 0 Å². The molecule has 6 heteroatoms. The predicted molar refractivity (Wildman–Crippen MR) is 76.1 cm³/mol. The van der Waals surface area contributed by atoms with Gasteiger partial charge in [-0.2, -0.15) is 0 Å². The zero-order valence-electron chi connectivity index (χ0n) is 10.4. The minimum absolute atomic E-state index is 0.172. The highest BCUT2D eigenvalue weighted by molar-refractivity contribution is 9.11. The number of allylic oxidation sites excluding steroid dienone is 2. The van der Waals surface area contributed by atoms with E-state index in [-0.39, 0.29) is 13.2 Å². The van der Waals surface area contributed by atoms with Crippen molar-refractivity contribution in [2.75, 3.05) is 26.4 Å². The van der Waals surface area contributed by atoms with Crippen molar-refractivity contribution in [1.82, 2.24) is 4.90 Å². The Kier molecular flexibility index (Phi) is 6.35. The normalized spacial score (nSPS) is 15.6. The van der Waals surface area contributed by atoms with Crippen LogP contribution in [-0.4, -0.2) is 37.2 Å². The number of nitrogens with zero attached hydrogens (tertiary/aromatic N) is 1. The van der Waals surface area contributed by atoms with Gasteiger partial charge in [0, 0.05) is 23.6 Å². The van der Waals surface area contributed by atoms with Gasteiger partial charge < -0.3 is 15.4 Å². The van der Waals surface area contributed by atoms with Gasteiger partial charge in [0.15, 0.2) is 0 Å². The molecule has 0 aliphatic carbocycles. The Labute approximate surface area is 120 Å². The number of cyclic esters (lactones) is 1. The lowest BCUT2D eigenvalue weighted by Gasteiger charge is -2.24. The van der Waals surface area contributed by atoms with Gasteiger partial charge in [0.2, 0.25) is 0 Å². The fourth-order valence-corrected chi connectivity index (χ4v) is 1.68. The molecule has 0 radical (unpaired) electrons. The van der Waals surface area contributed by atoms with Crippen LogP contribution >= 0.6 is 15.9 Å². The smallest absolute Gasteiger partial charge is 0.333 e. The molecule has 4 nitrogen and oxygen atoms in total. The third-order valence-electron chi connectivity index (χ3n) is 2.47. The number of hydrogen-bond acceptors (Lipinski definition) is 4. The molecule has 0 saturated heterocycles. The van der Waals surface area contributed by atoms with Crippen molar-refractivity contribution in [3.8, 4) is 0 Å². The van der Waals surface area contributed by atoms with Crippen molar-refractivity contribution < 1.29 is 13.9 Å². The number of halogens is 2. The first-order valence-electron chi connectivity index (χ1n) is 5.68. The topological polar surface area (TPSA) is 55.6 Å². The van der Waals surface area contributed by atoms with E-state index in [2.05, 4.69) is 22.5 Å². The molecule has 0 aromatic rings. The van der Waals surface area contributed by atoms with E-state index in [1.807, 2.05) is 0 Å². The molecule has 0 amide bonds. The lowest BCUT2D eigenvalue weighted by atomic mass is 10.2. The molecule has 104 valence electrons. The number of carbonyl (C=O) groups is 1. The summed E-state index contributed by atoms with van der Waals surface area (Å²) in [7, 11) is 0. The lowest BCUT2D eigenvalue weighted by Crippen LogP contribution is -2.28. The van der Waals surface area contributed by atoms with Crippen molar-refractivity contribution in [3.63, 3.8) is 0 Å². The summed E-state index contributed by atoms with van der Waals surface area (Å²) in [5.74, 6) is -0.401. The van der Waals surface area contributed by atoms with Crippen LogP contribution in [0.4, 0.5) is 4.39 Å². The molecule has 0 atom stereocenters. The third kappa shape index (κ3) is 5.30. The average molecular weight is 331 g/mol.